The smallest absolute Gasteiger partial charge is 0.106 e. The van der Waals surface area contributed by atoms with E-state index < -0.39 is 0 Å². The Morgan fingerprint density at radius 3 is 1.52 bits per heavy atom. The maximum atomic E-state index is 5.51. The number of hydrogen-bond donors (Lipinski definition) is 0. The highest BCUT2D eigenvalue weighted by Crippen LogP contribution is 2.05. The molecule has 0 unspecified atom stereocenters. The van der Waals surface area contributed by atoms with Crippen LogP contribution >= 0.6 is 0 Å². The molecule has 21 heavy (non-hydrogen) atoms. The van der Waals surface area contributed by atoms with Gasteiger partial charge >= 0.3 is 0 Å². The summed E-state index contributed by atoms with van der Waals surface area (Å²) in [7, 11) is 0. The van der Waals surface area contributed by atoms with E-state index >= 15 is 0 Å². The Morgan fingerprint density at radius 2 is 0.905 bits per heavy atom. The summed E-state index contributed by atoms with van der Waals surface area (Å²) in [4.78, 5) is 10.2. The summed E-state index contributed by atoms with van der Waals surface area (Å²) in [6.07, 6.45) is 15.5. The zero-order chi connectivity index (χ0) is 15.4. The van der Waals surface area contributed by atoms with Crippen LogP contribution in [0.25, 0.3) is 0 Å². The van der Waals surface area contributed by atoms with Crippen molar-refractivity contribution in [2.75, 3.05) is 26.4 Å². The Bertz CT molecular complexity index is 156. The van der Waals surface area contributed by atoms with Crippen molar-refractivity contribution in [2.24, 2.45) is 0 Å². The molecule has 0 amide bonds. The highest BCUT2D eigenvalue weighted by atomic mass is 17.2. The van der Waals surface area contributed by atoms with Crippen LogP contribution in [0.2, 0.25) is 0 Å². The summed E-state index contributed by atoms with van der Waals surface area (Å²) in [5, 5.41) is 0. The summed E-state index contributed by atoms with van der Waals surface area (Å²) in [5.41, 5.74) is 0. The van der Waals surface area contributed by atoms with E-state index in [0.29, 0.717) is 19.8 Å². The zero-order valence-corrected chi connectivity index (χ0v) is 14.5. The van der Waals surface area contributed by atoms with Crippen molar-refractivity contribution < 1.29 is 14.5 Å². The van der Waals surface area contributed by atoms with Crippen LogP contribution in [0.3, 0.4) is 0 Å². The molecule has 0 aliphatic rings. The molecule has 0 fully saturated rings. The molecule has 0 aromatic rings. The van der Waals surface area contributed by atoms with Gasteiger partial charge in [-0.2, -0.15) is 0 Å². The number of ether oxygens (including phenoxy) is 1. The first-order valence-electron chi connectivity index (χ1n) is 9.24. The van der Waals surface area contributed by atoms with E-state index in [9.17, 15) is 0 Å². The average Bonchev–Trinajstić information content (AvgIpc) is 2.50. The largest absolute Gasteiger partial charge is 0.379 e. The first-order chi connectivity index (χ1) is 10.4. The van der Waals surface area contributed by atoms with Gasteiger partial charge in [-0.3, -0.25) is 0 Å². The van der Waals surface area contributed by atoms with E-state index in [1.165, 1.54) is 70.6 Å². The fraction of sp³-hybridized carbons (Fsp3) is 1.00. The van der Waals surface area contributed by atoms with Crippen LogP contribution in [0.4, 0.5) is 0 Å². The Morgan fingerprint density at radius 1 is 0.429 bits per heavy atom. The predicted octanol–water partition coefficient (Wildman–Crippen LogP) is 5.67. The van der Waals surface area contributed by atoms with Gasteiger partial charge in [-0.25, -0.2) is 9.78 Å². The van der Waals surface area contributed by atoms with Gasteiger partial charge in [-0.1, -0.05) is 78.1 Å². The molecule has 0 N–H and O–H groups in total. The Kier molecular flexibility index (Phi) is 19.8. The van der Waals surface area contributed by atoms with Crippen LogP contribution in [0.5, 0.6) is 0 Å². The number of hydrogen-bond acceptors (Lipinski definition) is 3. The van der Waals surface area contributed by atoms with E-state index in [4.69, 9.17) is 14.5 Å². The third kappa shape index (κ3) is 19.9. The highest BCUT2D eigenvalue weighted by molar-refractivity contribution is 4.43. The van der Waals surface area contributed by atoms with Crippen LogP contribution in [0.1, 0.15) is 90.9 Å². The van der Waals surface area contributed by atoms with Crippen LogP contribution in [-0.2, 0) is 14.5 Å². The standard InChI is InChI=1S/C18H38O3/c1-3-5-7-9-11-13-15-19-17-18-21-20-16-14-12-10-8-6-4-2/h3-18H2,1-2H3. The van der Waals surface area contributed by atoms with Gasteiger partial charge in [-0.05, 0) is 12.8 Å². The fourth-order valence-corrected chi connectivity index (χ4v) is 2.24. The Balaban J connectivity index is 2.90. The number of unbranched alkanes of at least 4 members (excludes halogenated alkanes) is 10. The van der Waals surface area contributed by atoms with Crippen molar-refractivity contribution in [2.45, 2.75) is 90.9 Å². The molecule has 0 bridgehead atoms. The van der Waals surface area contributed by atoms with E-state index in [1.54, 1.807) is 0 Å². The first kappa shape index (κ1) is 20.9. The van der Waals surface area contributed by atoms with Crippen LogP contribution < -0.4 is 0 Å². The summed E-state index contributed by atoms with van der Waals surface area (Å²) in [5.74, 6) is 0. The minimum absolute atomic E-state index is 0.547. The van der Waals surface area contributed by atoms with Crippen molar-refractivity contribution >= 4 is 0 Å². The third-order valence-corrected chi connectivity index (χ3v) is 3.62. The van der Waals surface area contributed by atoms with E-state index in [-0.39, 0.29) is 0 Å². The van der Waals surface area contributed by atoms with Crippen molar-refractivity contribution in [1.29, 1.82) is 0 Å². The zero-order valence-electron chi connectivity index (χ0n) is 14.5. The summed E-state index contributed by atoms with van der Waals surface area (Å²) >= 11 is 0. The molecule has 0 heterocycles. The van der Waals surface area contributed by atoms with Gasteiger partial charge in [0.25, 0.3) is 0 Å². The number of rotatable bonds is 18. The molecule has 3 heteroatoms. The van der Waals surface area contributed by atoms with E-state index in [2.05, 4.69) is 13.8 Å². The molecule has 3 nitrogen and oxygen atoms in total. The predicted molar refractivity (Wildman–Crippen MR) is 89.5 cm³/mol. The topological polar surface area (TPSA) is 27.7 Å². The van der Waals surface area contributed by atoms with Crippen molar-refractivity contribution in [1.82, 2.24) is 0 Å². The summed E-state index contributed by atoms with van der Waals surface area (Å²) in [6, 6.07) is 0. The lowest BCUT2D eigenvalue weighted by Crippen LogP contribution is -2.06. The lowest BCUT2D eigenvalue weighted by atomic mass is 10.1. The molecule has 0 rings (SSSR count). The molecular formula is C18H38O3. The Hall–Kier alpha value is -0.120. The summed E-state index contributed by atoms with van der Waals surface area (Å²) < 4.78 is 5.51. The van der Waals surface area contributed by atoms with Gasteiger partial charge in [0.1, 0.15) is 6.61 Å². The highest BCUT2D eigenvalue weighted by Gasteiger charge is 1.94. The molecule has 0 aliphatic carbocycles. The third-order valence-electron chi connectivity index (χ3n) is 3.62. The lowest BCUT2D eigenvalue weighted by Gasteiger charge is -2.06. The molecule has 0 spiro atoms. The van der Waals surface area contributed by atoms with Gasteiger partial charge in [0, 0.05) is 6.61 Å². The Labute approximate surface area is 132 Å². The molecular weight excluding hydrogens is 264 g/mol. The van der Waals surface area contributed by atoms with Gasteiger partial charge in [0.15, 0.2) is 0 Å². The van der Waals surface area contributed by atoms with Crippen molar-refractivity contribution in [3.8, 4) is 0 Å². The minimum Gasteiger partial charge on any atom is -0.379 e. The SMILES string of the molecule is CCCCCCCCOCCOOCCCCCCCC. The van der Waals surface area contributed by atoms with Gasteiger partial charge in [-0.15, -0.1) is 0 Å². The van der Waals surface area contributed by atoms with Crippen LogP contribution in [0, 0.1) is 0 Å². The van der Waals surface area contributed by atoms with Crippen molar-refractivity contribution in [3.63, 3.8) is 0 Å². The second kappa shape index (κ2) is 19.9. The minimum atomic E-state index is 0.547. The average molecular weight is 302 g/mol. The molecule has 0 aliphatic heterocycles. The fourth-order valence-electron chi connectivity index (χ4n) is 2.24. The monoisotopic (exact) mass is 302 g/mol. The molecule has 128 valence electrons. The maximum Gasteiger partial charge on any atom is 0.106 e. The summed E-state index contributed by atoms with van der Waals surface area (Å²) in [6.45, 7) is 7.25. The maximum absolute atomic E-state index is 5.51. The van der Waals surface area contributed by atoms with E-state index in [0.717, 1.165) is 13.0 Å². The molecule has 0 saturated carbocycles. The van der Waals surface area contributed by atoms with Gasteiger partial charge < -0.3 is 4.74 Å². The molecule has 0 saturated heterocycles. The molecule has 0 aromatic carbocycles. The second-order valence-corrected chi connectivity index (χ2v) is 5.79. The normalized spacial score (nSPS) is 11.1. The van der Waals surface area contributed by atoms with Crippen molar-refractivity contribution in [3.05, 3.63) is 0 Å². The molecule has 0 atom stereocenters. The lowest BCUT2D eigenvalue weighted by molar-refractivity contribution is -0.299. The van der Waals surface area contributed by atoms with Gasteiger partial charge in [0.05, 0.1) is 13.2 Å². The van der Waals surface area contributed by atoms with Crippen LogP contribution in [0.15, 0.2) is 0 Å². The van der Waals surface area contributed by atoms with Crippen LogP contribution in [-0.4, -0.2) is 26.4 Å². The van der Waals surface area contributed by atoms with Gasteiger partial charge in [0.2, 0.25) is 0 Å². The second-order valence-electron chi connectivity index (χ2n) is 5.79. The molecule has 0 radical (unpaired) electrons. The first-order valence-corrected chi connectivity index (χ1v) is 9.24. The molecule has 0 aromatic heterocycles. The quantitative estimate of drug-likeness (QED) is 0.185. The van der Waals surface area contributed by atoms with E-state index in [1.807, 2.05) is 0 Å².